The average molecular weight is 594 g/mol. The molecule has 2 aliphatic rings. The van der Waals surface area contributed by atoms with Gasteiger partial charge in [0.05, 0.1) is 16.4 Å². The van der Waals surface area contributed by atoms with Crippen molar-refractivity contribution < 1.29 is 41.4 Å². The van der Waals surface area contributed by atoms with Crippen molar-refractivity contribution in [2.45, 2.75) is 45.7 Å². The summed E-state index contributed by atoms with van der Waals surface area (Å²) in [7, 11) is 0. The number of halogens is 4. The molecule has 41 heavy (non-hydrogen) atoms. The number of hydrogen-bond acceptors (Lipinski definition) is 7. The SMILES string of the molecule is CC(C)(C)OC(=O)NN1CSC2=C1C(=O)C(Cc1ccc(OC(F)(F)F)cc1)C=C2C(=O)NCc1ccc(F)cc1. The predicted octanol–water partition coefficient (Wildman–Crippen LogP) is 5.37. The number of rotatable bonds is 7. The number of ketones is 1. The molecule has 0 bridgehead atoms. The van der Waals surface area contributed by atoms with E-state index in [1.54, 1.807) is 20.8 Å². The van der Waals surface area contributed by atoms with Crippen LogP contribution in [0.2, 0.25) is 0 Å². The first-order valence-corrected chi connectivity index (χ1v) is 13.4. The molecule has 13 heteroatoms. The third-order valence-electron chi connectivity index (χ3n) is 5.85. The Labute approximate surface area is 237 Å². The third kappa shape index (κ3) is 8.03. The molecule has 8 nitrogen and oxygen atoms in total. The molecule has 1 unspecified atom stereocenters. The van der Waals surface area contributed by atoms with E-state index in [2.05, 4.69) is 15.5 Å². The van der Waals surface area contributed by atoms with Crippen molar-refractivity contribution in [3.05, 3.63) is 87.7 Å². The molecule has 0 radical (unpaired) electrons. The zero-order valence-electron chi connectivity index (χ0n) is 22.3. The summed E-state index contributed by atoms with van der Waals surface area (Å²) in [6, 6.07) is 10.7. The summed E-state index contributed by atoms with van der Waals surface area (Å²) < 4.78 is 60.1. The van der Waals surface area contributed by atoms with Crippen LogP contribution in [0, 0.1) is 11.7 Å². The summed E-state index contributed by atoms with van der Waals surface area (Å²) >= 11 is 1.19. The van der Waals surface area contributed by atoms with E-state index in [4.69, 9.17) is 4.74 Å². The Bertz CT molecular complexity index is 1380. The molecule has 0 saturated carbocycles. The van der Waals surface area contributed by atoms with Crippen LogP contribution in [-0.4, -0.2) is 40.6 Å². The largest absolute Gasteiger partial charge is 0.573 e. The van der Waals surface area contributed by atoms with E-state index in [9.17, 15) is 31.9 Å². The van der Waals surface area contributed by atoms with Crippen LogP contribution < -0.4 is 15.5 Å². The monoisotopic (exact) mass is 593 g/mol. The molecule has 1 aliphatic carbocycles. The molecule has 2 aromatic rings. The molecular formula is C28H27F4N3O5S. The number of nitrogens with one attached hydrogen (secondary N) is 2. The highest BCUT2D eigenvalue weighted by molar-refractivity contribution is 8.03. The maximum absolute atomic E-state index is 13.6. The van der Waals surface area contributed by atoms with Gasteiger partial charge in [0.1, 0.15) is 22.9 Å². The van der Waals surface area contributed by atoms with Crippen molar-refractivity contribution in [2.24, 2.45) is 5.92 Å². The number of benzene rings is 2. The summed E-state index contributed by atoms with van der Waals surface area (Å²) in [5.74, 6) is -2.42. The highest BCUT2D eigenvalue weighted by Crippen LogP contribution is 2.42. The van der Waals surface area contributed by atoms with Gasteiger partial charge in [-0.2, -0.15) is 0 Å². The number of nitrogens with zero attached hydrogens (tertiary/aromatic N) is 1. The number of thioether (sulfide) groups is 1. The van der Waals surface area contributed by atoms with Gasteiger partial charge in [-0.05, 0) is 62.6 Å². The molecule has 2 amide bonds. The molecule has 4 rings (SSSR count). The quantitative estimate of drug-likeness (QED) is 0.417. The first kappa shape index (κ1) is 30.0. The number of Topliss-reactive ketones (excluding diaryl/α,β-unsaturated/α-hetero) is 1. The lowest BCUT2D eigenvalue weighted by molar-refractivity contribution is -0.274. The minimum absolute atomic E-state index is 0.0710. The lowest BCUT2D eigenvalue weighted by Crippen LogP contribution is -2.45. The van der Waals surface area contributed by atoms with Crippen LogP contribution in [0.5, 0.6) is 5.75 Å². The van der Waals surface area contributed by atoms with E-state index < -0.39 is 41.4 Å². The van der Waals surface area contributed by atoms with E-state index in [1.807, 2.05) is 0 Å². The lowest BCUT2D eigenvalue weighted by atomic mass is 9.86. The van der Waals surface area contributed by atoms with Crippen LogP contribution in [0.15, 0.2) is 70.8 Å². The Morgan fingerprint density at radius 3 is 2.27 bits per heavy atom. The topological polar surface area (TPSA) is 97.0 Å². The molecule has 1 atom stereocenters. The fourth-order valence-electron chi connectivity index (χ4n) is 4.15. The van der Waals surface area contributed by atoms with Crippen LogP contribution in [0.1, 0.15) is 31.9 Å². The molecule has 0 saturated heterocycles. The molecule has 1 aliphatic heterocycles. The van der Waals surface area contributed by atoms with E-state index in [0.29, 0.717) is 16.0 Å². The Hall–Kier alpha value is -4.00. The zero-order chi connectivity index (χ0) is 29.9. The molecule has 0 spiro atoms. The number of carbonyl (C=O) groups is 3. The van der Waals surface area contributed by atoms with Gasteiger partial charge < -0.3 is 14.8 Å². The first-order chi connectivity index (χ1) is 19.2. The highest BCUT2D eigenvalue weighted by atomic mass is 32.2. The standard InChI is InChI=1S/C28H27F4N3O5S/c1-27(2,3)40-26(38)34-35-15-41-24-21(25(37)33-14-17-4-8-19(29)9-5-17)13-18(23(36)22(24)35)12-16-6-10-20(11-7-16)39-28(30,31)32/h4-11,13,18H,12,14-15H2,1-3H3,(H,33,37)(H,34,38). The minimum Gasteiger partial charge on any atom is -0.443 e. The van der Waals surface area contributed by atoms with Crippen molar-refractivity contribution in [3.63, 3.8) is 0 Å². The smallest absolute Gasteiger partial charge is 0.443 e. The van der Waals surface area contributed by atoms with Gasteiger partial charge in [0.25, 0.3) is 5.91 Å². The van der Waals surface area contributed by atoms with Gasteiger partial charge in [-0.1, -0.05) is 42.1 Å². The van der Waals surface area contributed by atoms with Crippen molar-refractivity contribution in [3.8, 4) is 5.75 Å². The number of alkyl halides is 3. The summed E-state index contributed by atoms with van der Waals surface area (Å²) in [5.41, 5.74) is 3.27. The van der Waals surface area contributed by atoms with E-state index in [1.165, 1.54) is 59.2 Å². The fraction of sp³-hybridized carbons (Fsp3) is 0.321. The normalized spacial score (nSPS) is 17.1. The van der Waals surface area contributed by atoms with Gasteiger partial charge in [0, 0.05) is 12.5 Å². The second-order valence-corrected chi connectivity index (χ2v) is 11.2. The molecule has 1 heterocycles. The summed E-state index contributed by atoms with van der Waals surface area (Å²) in [4.78, 5) is 39.8. The highest BCUT2D eigenvalue weighted by Gasteiger charge is 2.41. The van der Waals surface area contributed by atoms with Gasteiger partial charge in [0.15, 0.2) is 5.78 Å². The van der Waals surface area contributed by atoms with Crippen molar-refractivity contribution >= 4 is 29.5 Å². The van der Waals surface area contributed by atoms with Gasteiger partial charge in [0.2, 0.25) is 0 Å². The number of carbonyl (C=O) groups excluding carboxylic acids is 3. The molecule has 0 fully saturated rings. The number of amides is 2. The fourth-order valence-corrected chi connectivity index (χ4v) is 5.27. The predicted molar refractivity (Wildman–Crippen MR) is 142 cm³/mol. The number of allylic oxidation sites excluding steroid dienone is 2. The number of ether oxygens (including phenoxy) is 2. The summed E-state index contributed by atoms with van der Waals surface area (Å²) in [5, 5.41) is 4.10. The van der Waals surface area contributed by atoms with Crippen LogP contribution in [0.3, 0.4) is 0 Å². The second-order valence-electron chi connectivity index (χ2n) is 10.2. The Morgan fingerprint density at radius 1 is 1.02 bits per heavy atom. The van der Waals surface area contributed by atoms with Crippen LogP contribution in [0.4, 0.5) is 22.4 Å². The van der Waals surface area contributed by atoms with E-state index >= 15 is 0 Å². The Kier molecular flexibility index (Phi) is 8.66. The molecule has 2 aromatic carbocycles. The average Bonchev–Trinajstić information content (AvgIpc) is 3.28. The Balaban J connectivity index is 1.58. The Morgan fingerprint density at radius 2 is 1.66 bits per heavy atom. The molecule has 2 N–H and O–H groups in total. The van der Waals surface area contributed by atoms with Gasteiger partial charge in [-0.3, -0.25) is 14.6 Å². The van der Waals surface area contributed by atoms with Crippen LogP contribution >= 0.6 is 11.8 Å². The maximum atomic E-state index is 13.6. The number of hydrazine groups is 1. The van der Waals surface area contributed by atoms with E-state index in [-0.39, 0.29) is 35.9 Å². The van der Waals surface area contributed by atoms with Gasteiger partial charge >= 0.3 is 12.5 Å². The molecular weight excluding hydrogens is 566 g/mol. The maximum Gasteiger partial charge on any atom is 0.573 e. The number of hydrogen-bond donors (Lipinski definition) is 2. The van der Waals surface area contributed by atoms with E-state index in [0.717, 1.165) is 12.1 Å². The molecule has 218 valence electrons. The first-order valence-electron chi connectivity index (χ1n) is 12.5. The van der Waals surface area contributed by atoms with Crippen molar-refractivity contribution in [1.82, 2.24) is 15.8 Å². The van der Waals surface area contributed by atoms with Crippen LogP contribution in [-0.2, 0) is 27.3 Å². The molecule has 0 aromatic heterocycles. The van der Waals surface area contributed by atoms with Gasteiger partial charge in [-0.25, -0.2) is 14.6 Å². The third-order valence-corrected chi connectivity index (χ3v) is 6.94. The summed E-state index contributed by atoms with van der Waals surface area (Å²) in [6.45, 7) is 5.17. The van der Waals surface area contributed by atoms with Crippen LogP contribution in [0.25, 0.3) is 0 Å². The zero-order valence-corrected chi connectivity index (χ0v) is 23.1. The van der Waals surface area contributed by atoms with Gasteiger partial charge in [-0.15, -0.1) is 13.2 Å². The summed E-state index contributed by atoms with van der Waals surface area (Å²) in [6.07, 6.45) is -4.03. The van der Waals surface area contributed by atoms with Crippen molar-refractivity contribution in [2.75, 3.05) is 5.88 Å². The second kappa shape index (κ2) is 11.9. The van der Waals surface area contributed by atoms with Crippen molar-refractivity contribution in [1.29, 1.82) is 0 Å². The minimum atomic E-state index is -4.84. The lowest BCUT2D eigenvalue weighted by Gasteiger charge is -2.28.